The van der Waals surface area contributed by atoms with E-state index in [1.54, 1.807) is 36.4 Å². The van der Waals surface area contributed by atoms with E-state index in [1.165, 1.54) is 16.6 Å². The molecule has 0 radical (unpaired) electrons. The third-order valence-corrected chi connectivity index (χ3v) is 3.64. The molecule has 0 saturated carbocycles. The monoisotopic (exact) mass is 342 g/mol. The summed E-state index contributed by atoms with van der Waals surface area (Å²) in [5.41, 5.74) is 0.528. The minimum Gasteiger partial charge on any atom is -0.268 e. The van der Waals surface area contributed by atoms with Gasteiger partial charge in [0.2, 0.25) is 0 Å². The number of rotatable bonds is 2. The van der Waals surface area contributed by atoms with Crippen LogP contribution in [0.3, 0.4) is 0 Å². The van der Waals surface area contributed by atoms with E-state index < -0.39 is 11.7 Å². The Kier molecular flexibility index (Phi) is 4.32. The maximum Gasteiger partial charge on any atom is 0.458 e. The van der Waals surface area contributed by atoms with E-state index in [4.69, 9.17) is 0 Å². The molecule has 3 rings (SSSR count). The number of nitrogens with zero attached hydrogens (tertiary/aromatic N) is 2. The molecular formula is C19H13F3N2O. The van der Waals surface area contributed by atoms with E-state index in [-0.39, 0.29) is 10.9 Å². The smallest absolute Gasteiger partial charge is 0.268 e. The van der Waals surface area contributed by atoms with Gasteiger partial charge in [-0.05, 0) is 24.3 Å². The van der Waals surface area contributed by atoms with Crippen LogP contribution in [-0.2, 0) is 6.42 Å². The summed E-state index contributed by atoms with van der Waals surface area (Å²) in [6, 6.07) is 13.4. The van der Waals surface area contributed by atoms with Crippen molar-refractivity contribution in [1.29, 1.82) is 0 Å². The molecule has 0 fully saturated rings. The van der Waals surface area contributed by atoms with Crippen LogP contribution in [0.5, 0.6) is 0 Å². The molecule has 0 unspecified atom stereocenters. The zero-order chi connectivity index (χ0) is 18.0. The van der Waals surface area contributed by atoms with Gasteiger partial charge >= 0.3 is 6.18 Å². The lowest BCUT2D eigenvalue weighted by molar-refractivity contribution is -0.0696. The van der Waals surface area contributed by atoms with Gasteiger partial charge in [0.25, 0.3) is 5.56 Å². The standard InChI is InChI=1S/C19H13F3N2O/c1-2-16-23-15-10-6-7-13(11-12-19(20,21)22)17(15)18(25)24(16)14-8-4-3-5-9-14/h3-10H,2H2,1H3. The van der Waals surface area contributed by atoms with Crippen LogP contribution in [0.2, 0.25) is 0 Å². The van der Waals surface area contributed by atoms with E-state index in [2.05, 4.69) is 10.9 Å². The lowest BCUT2D eigenvalue weighted by Gasteiger charge is -2.13. The lowest BCUT2D eigenvalue weighted by atomic mass is 10.1. The van der Waals surface area contributed by atoms with Crippen molar-refractivity contribution in [2.45, 2.75) is 19.5 Å². The number of hydrogen-bond acceptors (Lipinski definition) is 2. The van der Waals surface area contributed by atoms with Crippen LogP contribution in [0.25, 0.3) is 16.6 Å². The SMILES string of the molecule is CCc1nc2cccc(C#CC(F)(F)F)c2c(=O)n1-c1ccccc1. The maximum absolute atomic E-state index is 13.0. The highest BCUT2D eigenvalue weighted by molar-refractivity contribution is 5.84. The largest absolute Gasteiger partial charge is 0.458 e. The van der Waals surface area contributed by atoms with Crippen molar-refractivity contribution in [2.75, 3.05) is 0 Å². The Balaban J connectivity index is 2.37. The van der Waals surface area contributed by atoms with Crippen molar-refractivity contribution in [3.8, 4) is 17.5 Å². The zero-order valence-electron chi connectivity index (χ0n) is 13.3. The van der Waals surface area contributed by atoms with Gasteiger partial charge in [-0.15, -0.1) is 0 Å². The van der Waals surface area contributed by atoms with Gasteiger partial charge in [0.05, 0.1) is 16.6 Å². The fourth-order valence-electron chi connectivity index (χ4n) is 2.60. The first-order valence-electron chi connectivity index (χ1n) is 7.60. The molecule has 0 amide bonds. The quantitative estimate of drug-likeness (QED) is 0.663. The molecule has 3 nitrogen and oxygen atoms in total. The number of para-hydroxylation sites is 1. The molecular weight excluding hydrogens is 329 g/mol. The molecule has 0 aliphatic heterocycles. The lowest BCUT2D eigenvalue weighted by Crippen LogP contribution is -2.24. The first-order chi connectivity index (χ1) is 11.9. The first-order valence-corrected chi connectivity index (χ1v) is 7.60. The number of benzene rings is 2. The maximum atomic E-state index is 13.0. The predicted molar refractivity (Wildman–Crippen MR) is 89.7 cm³/mol. The van der Waals surface area contributed by atoms with Crippen LogP contribution < -0.4 is 5.56 Å². The van der Waals surface area contributed by atoms with Gasteiger partial charge in [-0.3, -0.25) is 9.36 Å². The minimum absolute atomic E-state index is 0.0136. The van der Waals surface area contributed by atoms with Crippen molar-refractivity contribution in [2.24, 2.45) is 0 Å². The summed E-state index contributed by atoms with van der Waals surface area (Å²) in [6.45, 7) is 1.86. The number of fused-ring (bicyclic) bond motifs is 1. The molecule has 0 N–H and O–H groups in total. The molecule has 0 bridgehead atoms. The Morgan fingerprint density at radius 3 is 2.44 bits per heavy atom. The Morgan fingerprint density at radius 1 is 1.08 bits per heavy atom. The topological polar surface area (TPSA) is 34.9 Å². The number of hydrogen-bond donors (Lipinski definition) is 0. The van der Waals surface area contributed by atoms with Crippen LogP contribution >= 0.6 is 0 Å². The van der Waals surface area contributed by atoms with E-state index in [0.29, 0.717) is 23.4 Å². The van der Waals surface area contributed by atoms with Crippen LogP contribution in [0.15, 0.2) is 53.3 Å². The molecule has 126 valence electrons. The third kappa shape index (κ3) is 3.41. The summed E-state index contributed by atoms with van der Waals surface area (Å²) < 4.78 is 38.7. The average molecular weight is 342 g/mol. The molecule has 1 aromatic heterocycles. The van der Waals surface area contributed by atoms with E-state index in [1.807, 2.05) is 13.0 Å². The van der Waals surface area contributed by atoms with Gasteiger partial charge in [-0.25, -0.2) is 4.98 Å². The summed E-state index contributed by atoms with van der Waals surface area (Å²) >= 11 is 0. The summed E-state index contributed by atoms with van der Waals surface area (Å²) in [5.74, 6) is 3.81. The van der Waals surface area contributed by atoms with E-state index >= 15 is 0 Å². The number of alkyl halides is 3. The Hall–Kier alpha value is -3.07. The molecule has 6 heteroatoms. The molecule has 0 atom stereocenters. The number of halogens is 3. The highest BCUT2D eigenvalue weighted by atomic mass is 19.4. The van der Waals surface area contributed by atoms with Crippen LogP contribution in [-0.4, -0.2) is 15.7 Å². The minimum atomic E-state index is -4.63. The van der Waals surface area contributed by atoms with Crippen LogP contribution in [0.1, 0.15) is 18.3 Å². The summed E-state index contributed by atoms with van der Waals surface area (Å²) in [5, 5.41) is 0.0836. The predicted octanol–water partition coefficient (Wildman–Crippen LogP) is 3.86. The highest BCUT2D eigenvalue weighted by Crippen LogP contribution is 2.18. The second-order valence-corrected chi connectivity index (χ2v) is 5.31. The third-order valence-electron chi connectivity index (χ3n) is 3.64. The summed E-state index contributed by atoms with van der Waals surface area (Å²) in [4.78, 5) is 17.5. The Morgan fingerprint density at radius 2 is 1.80 bits per heavy atom. The fourth-order valence-corrected chi connectivity index (χ4v) is 2.60. The molecule has 2 aromatic carbocycles. The van der Waals surface area contributed by atoms with Crippen molar-refractivity contribution in [1.82, 2.24) is 9.55 Å². The molecule has 0 spiro atoms. The average Bonchev–Trinajstić information content (AvgIpc) is 2.59. The Labute approximate surface area is 141 Å². The van der Waals surface area contributed by atoms with Gasteiger partial charge < -0.3 is 0 Å². The van der Waals surface area contributed by atoms with Crippen molar-refractivity contribution < 1.29 is 13.2 Å². The number of aryl methyl sites for hydroxylation is 1. The molecule has 25 heavy (non-hydrogen) atoms. The summed E-state index contributed by atoms with van der Waals surface area (Å²) in [7, 11) is 0. The molecule has 1 heterocycles. The molecule has 0 saturated heterocycles. The van der Waals surface area contributed by atoms with Crippen molar-refractivity contribution in [3.05, 3.63) is 70.3 Å². The zero-order valence-corrected chi connectivity index (χ0v) is 13.3. The van der Waals surface area contributed by atoms with Gasteiger partial charge in [-0.2, -0.15) is 13.2 Å². The number of aromatic nitrogens is 2. The highest BCUT2D eigenvalue weighted by Gasteiger charge is 2.23. The van der Waals surface area contributed by atoms with Gasteiger partial charge in [0.1, 0.15) is 5.82 Å². The normalized spacial score (nSPS) is 11.2. The van der Waals surface area contributed by atoms with Crippen molar-refractivity contribution >= 4 is 10.9 Å². The van der Waals surface area contributed by atoms with Crippen molar-refractivity contribution in [3.63, 3.8) is 0 Å². The van der Waals surface area contributed by atoms with Gasteiger partial charge in [-0.1, -0.05) is 37.1 Å². The second-order valence-electron chi connectivity index (χ2n) is 5.31. The Bertz CT molecular complexity index is 1040. The molecule has 0 aliphatic rings. The van der Waals surface area contributed by atoms with Gasteiger partial charge in [0.15, 0.2) is 0 Å². The first kappa shape index (κ1) is 16.8. The second kappa shape index (κ2) is 6.44. The molecule has 3 aromatic rings. The molecule has 0 aliphatic carbocycles. The fraction of sp³-hybridized carbons (Fsp3) is 0.158. The summed E-state index contributed by atoms with van der Waals surface area (Å²) in [6.07, 6.45) is -4.13. The van der Waals surface area contributed by atoms with Crippen LogP contribution in [0, 0.1) is 11.8 Å². The van der Waals surface area contributed by atoms with Gasteiger partial charge in [0, 0.05) is 17.9 Å². The van der Waals surface area contributed by atoms with E-state index in [9.17, 15) is 18.0 Å². The van der Waals surface area contributed by atoms with Crippen LogP contribution in [0.4, 0.5) is 13.2 Å². The van der Waals surface area contributed by atoms with E-state index in [0.717, 1.165) is 0 Å².